The van der Waals surface area contributed by atoms with Crippen LogP contribution in [0.25, 0.3) is 0 Å². The summed E-state index contributed by atoms with van der Waals surface area (Å²) >= 11 is 0. The zero-order chi connectivity index (χ0) is 9.00. The molecule has 0 aliphatic carbocycles. The van der Waals surface area contributed by atoms with E-state index in [2.05, 4.69) is 0 Å². The summed E-state index contributed by atoms with van der Waals surface area (Å²) in [6, 6.07) is 0. The Hall–Kier alpha value is 9.57. The molecule has 0 spiro atoms. The van der Waals surface area contributed by atoms with Crippen LogP contribution in [0.15, 0.2) is 0 Å². The van der Waals surface area contributed by atoms with Gasteiger partial charge in [-0.05, 0) is 0 Å². The molecule has 8 nitrogen and oxygen atoms in total. The molecule has 0 aromatic rings. The molecule has 0 saturated heterocycles. The molecule has 0 atom stereocenters. The molecule has 0 aliphatic rings. The van der Waals surface area contributed by atoms with Crippen LogP contribution in [0, 0.1) is 0 Å². The Kier molecular flexibility index (Phi) is 155. The molecule has 19 heavy (non-hydrogen) atoms. The maximum absolute atomic E-state index is 8.55. The Labute approximate surface area is 330 Å². The van der Waals surface area contributed by atoms with Crippen molar-refractivity contribution < 1.29 is 179 Å². The van der Waals surface area contributed by atoms with Crippen LogP contribution < -0.4 is 29.4 Å². The minimum absolute atomic E-state index is 0. The molecule has 0 bridgehead atoms. The van der Waals surface area contributed by atoms with Gasteiger partial charge in [0.05, 0.1) is 0 Å². The largest absolute Gasteiger partial charge is 2.00 e. The second-order valence-electron chi connectivity index (χ2n) is 0.894. The van der Waals surface area contributed by atoms with Gasteiger partial charge in [0.2, 0.25) is 0 Å². The van der Waals surface area contributed by atoms with Crippen LogP contribution in [0.4, 0.5) is 0 Å². The quantitative estimate of drug-likeness (QED) is 0.170. The topological polar surface area (TPSA) is 172 Å². The first-order valence-electron chi connectivity index (χ1n) is 1.46. The van der Waals surface area contributed by atoms with Gasteiger partial charge < -0.3 is 38.5 Å². The Bertz CT molecular complexity index is 153. The summed E-state index contributed by atoms with van der Waals surface area (Å²) in [6.07, 6.45) is 0. The second kappa shape index (κ2) is 41.8. The molecule has 0 aromatic carbocycles. The molecule has 0 amide bonds. The van der Waals surface area contributed by atoms with E-state index in [0.717, 1.165) is 0 Å². The van der Waals surface area contributed by atoms with E-state index in [0.29, 0.717) is 0 Å². The SMILES string of the molecule is O=P([O-])([O-])[O-].O=P([O-])([O-])[O-].[BaH2].[BaH2].[BaH2].[Cd].[Cd].[Cd].[Zn+2].[Zn+2].[Zn+2]. The maximum atomic E-state index is 8.55. The molecule has 19 heteroatoms. The Morgan fingerprint density at radius 1 is 0.474 bits per heavy atom. The first kappa shape index (κ1) is 70.3. The van der Waals surface area contributed by atoms with Crippen LogP contribution in [0.3, 0.4) is 0 Å². The van der Waals surface area contributed by atoms with E-state index in [9.17, 15) is 0 Å². The van der Waals surface area contributed by atoms with Crippen molar-refractivity contribution in [2.75, 3.05) is 0 Å². The van der Waals surface area contributed by atoms with E-state index in [1.807, 2.05) is 0 Å². The van der Waals surface area contributed by atoms with E-state index in [4.69, 9.17) is 38.5 Å². The number of phosphoric acid groups is 2. The van der Waals surface area contributed by atoms with Crippen molar-refractivity contribution in [3.8, 4) is 0 Å². The summed E-state index contributed by atoms with van der Waals surface area (Å²) in [6.45, 7) is 0. The van der Waals surface area contributed by atoms with Gasteiger partial charge in [0.15, 0.2) is 0 Å². The van der Waals surface area contributed by atoms with Gasteiger partial charge in [0.1, 0.15) is 0 Å². The minimum Gasteiger partial charge on any atom is 0 e. The fraction of sp³-hybridized carbons (Fsp3) is 0. The van der Waals surface area contributed by atoms with Crippen molar-refractivity contribution in [2.45, 2.75) is 0 Å². The molecule has 0 unspecified atom stereocenters. The summed E-state index contributed by atoms with van der Waals surface area (Å²) in [4.78, 5) is 51.3. The number of hydrogen-bond donors (Lipinski definition) is 0. The average molecular weight is 1140 g/mol. The third-order valence-electron chi connectivity index (χ3n) is 0. The summed E-state index contributed by atoms with van der Waals surface area (Å²) < 4.78 is 17.1. The Morgan fingerprint density at radius 2 is 0.474 bits per heavy atom. The fourth-order valence-electron chi connectivity index (χ4n) is 0. The zero-order valence-electron chi connectivity index (χ0n) is 8.40. The van der Waals surface area contributed by atoms with Gasteiger partial charge in [-0.25, -0.2) is 0 Å². The van der Waals surface area contributed by atoms with Crippen molar-refractivity contribution >= 4 is 162 Å². The summed E-state index contributed by atoms with van der Waals surface area (Å²) in [5.74, 6) is 0. The molecule has 0 rings (SSSR count). The van der Waals surface area contributed by atoms with Crippen molar-refractivity contribution in [3.63, 3.8) is 0 Å². The predicted molar refractivity (Wildman–Crippen MR) is 40.8 cm³/mol. The van der Waals surface area contributed by atoms with Crippen LogP contribution >= 0.6 is 15.6 Å². The molecule has 0 aromatic heterocycles. The van der Waals surface area contributed by atoms with Crippen LogP contribution in [-0.4, -0.2) is 147 Å². The van der Waals surface area contributed by atoms with Crippen LogP contribution in [0.2, 0.25) is 0 Å². The van der Waals surface area contributed by atoms with E-state index in [1.54, 1.807) is 0 Å². The smallest absolute Gasteiger partial charge is 0 e. The number of hydrogen-bond acceptors (Lipinski definition) is 8. The van der Waals surface area contributed by atoms with E-state index >= 15 is 0 Å². The zero-order valence-corrected chi connectivity index (χ0v) is 31.2. The molecule has 0 saturated carbocycles. The molecule has 0 radical (unpaired) electrons. The van der Waals surface area contributed by atoms with Crippen molar-refractivity contribution in [1.82, 2.24) is 0 Å². The minimum atomic E-state index is -5.39. The van der Waals surface area contributed by atoms with Gasteiger partial charge in [-0.3, -0.25) is 0 Å². The van der Waals surface area contributed by atoms with Gasteiger partial charge in [-0.15, -0.1) is 0 Å². The molecule has 0 aliphatic heterocycles. The average Bonchev–Trinajstić information content (AvgIpc) is 1.12. The summed E-state index contributed by atoms with van der Waals surface area (Å²) in [7, 11) is -10.8. The summed E-state index contributed by atoms with van der Waals surface area (Å²) in [5, 5.41) is 0. The van der Waals surface area contributed by atoms with Crippen LogP contribution in [0.1, 0.15) is 0 Å². The van der Waals surface area contributed by atoms with E-state index < -0.39 is 15.6 Å². The monoisotopic (exact) mass is 1140 g/mol. The van der Waals surface area contributed by atoms with Gasteiger partial charge in [0.25, 0.3) is 0 Å². The summed E-state index contributed by atoms with van der Waals surface area (Å²) in [5.41, 5.74) is 0. The van der Waals surface area contributed by atoms with Crippen molar-refractivity contribution in [3.05, 3.63) is 0 Å². The second-order valence-corrected chi connectivity index (χ2v) is 2.68. The molecule has 0 N–H and O–H groups in total. The molecule has 0 heterocycles. The van der Waals surface area contributed by atoms with Gasteiger partial charge in [-0.2, -0.15) is 15.6 Å². The van der Waals surface area contributed by atoms with Crippen LogP contribution in [0.5, 0.6) is 0 Å². The number of rotatable bonds is 0. The third-order valence-corrected chi connectivity index (χ3v) is 0. The van der Waals surface area contributed by atoms with Crippen molar-refractivity contribution in [1.29, 1.82) is 0 Å². The first-order chi connectivity index (χ1) is 4.00. The first-order valence-corrected chi connectivity index (χ1v) is 4.38. The van der Waals surface area contributed by atoms with Gasteiger partial charge >= 0.3 is 205 Å². The van der Waals surface area contributed by atoms with Crippen molar-refractivity contribution in [2.24, 2.45) is 0 Å². The van der Waals surface area contributed by atoms with Gasteiger partial charge in [-0.1, -0.05) is 0 Å². The molecule has 0 fully saturated rings. The molecule has 82 valence electrons. The van der Waals surface area contributed by atoms with Gasteiger partial charge in [0, 0.05) is 81.9 Å². The predicted octanol–water partition coefficient (Wildman–Crippen LogP) is -8.41. The van der Waals surface area contributed by atoms with E-state index in [1.165, 1.54) is 0 Å². The van der Waals surface area contributed by atoms with Crippen LogP contribution in [-0.2, 0) is 149 Å². The Balaban J connectivity index is -0.00000000508. The fourth-order valence-corrected chi connectivity index (χ4v) is 0. The standard InChI is InChI=1S/3Ba.3Cd.2H3O4P.3Zn.6H/c;;;;;;2*1-5(2,3)4;;;;;;;;;/h;;;;;;2*(H3,1,2,3,4);;;;;;;;;/q;;;;;;;;3*+2;;;;;;/p-6. The Morgan fingerprint density at radius 3 is 0.474 bits per heavy atom. The third kappa shape index (κ3) is 197. The maximum Gasteiger partial charge on any atom is 2.00 e. The molecular weight excluding hydrogens is 1140 g/mol. The van der Waals surface area contributed by atoms with E-state index in [-0.39, 0.29) is 287 Å². The molecular formula is H6Ba3Cd3O8P2Zn3. The normalized spacial score (nSPS) is 6.21.